The number of aromatic carboxylic acids is 1. The van der Waals surface area contributed by atoms with Crippen molar-refractivity contribution in [3.63, 3.8) is 0 Å². The first-order valence-corrected chi connectivity index (χ1v) is 5.57. The monoisotopic (exact) mass is 259 g/mol. The van der Waals surface area contributed by atoms with Crippen LogP contribution in [0, 0.1) is 0 Å². The van der Waals surface area contributed by atoms with E-state index in [9.17, 15) is 4.79 Å². The van der Waals surface area contributed by atoms with Crippen LogP contribution in [0.25, 0.3) is 0 Å². The van der Waals surface area contributed by atoms with E-state index in [0.717, 1.165) is 11.3 Å². The van der Waals surface area contributed by atoms with E-state index in [1.54, 1.807) is 7.11 Å². The van der Waals surface area contributed by atoms with Crippen LogP contribution in [0.5, 0.6) is 5.75 Å². The number of methoxy groups -OCH3 is 1. The van der Waals surface area contributed by atoms with Crippen molar-refractivity contribution >= 4 is 11.8 Å². The summed E-state index contributed by atoms with van der Waals surface area (Å²) in [4.78, 5) is 18.8. The van der Waals surface area contributed by atoms with E-state index in [0.29, 0.717) is 12.2 Å². The van der Waals surface area contributed by atoms with Crippen molar-refractivity contribution in [2.45, 2.75) is 6.42 Å². The molecule has 6 heteroatoms. The summed E-state index contributed by atoms with van der Waals surface area (Å²) in [5.74, 6) is 0.0950. The Hall–Kier alpha value is -2.63. The third kappa shape index (κ3) is 2.98. The van der Waals surface area contributed by atoms with E-state index >= 15 is 0 Å². The van der Waals surface area contributed by atoms with Crippen LogP contribution in [-0.2, 0) is 6.42 Å². The number of nitrogens with zero attached hydrogens (tertiary/aromatic N) is 2. The predicted molar refractivity (Wildman–Crippen MR) is 69.2 cm³/mol. The number of hydrogen-bond donors (Lipinski definition) is 2. The van der Waals surface area contributed by atoms with Gasteiger partial charge in [-0.2, -0.15) is 0 Å². The SMILES string of the molecule is COc1ccc(Cc2ncc(C(=O)O)c(N)n2)cc1. The van der Waals surface area contributed by atoms with Gasteiger partial charge in [0.05, 0.1) is 7.11 Å². The normalized spacial score (nSPS) is 10.2. The standard InChI is InChI=1S/C13H13N3O3/c1-19-9-4-2-8(3-5-9)6-11-15-7-10(13(17)18)12(14)16-11/h2-5,7H,6H2,1H3,(H,17,18)(H2,14,15,16). The van der Waals surface area contributed by atoms with Gasteiger partial charge in [0, 0.05) is 12.6 Å². The zero-order valence-electron chi connectivity index (χ0n) is 10.3. The van der Waals surface area contributed by atoms with Crippen molar-refractivity contribution in [3.05, 3.63) is 47.4 Å². The van der Waals surface area contributed by atoms with Gasteiger partial charge in [-0.25, -0.2) is 14.8 Å². The minimum Gasteiger partial charge on any atom is -0.497 e. The number of nitrogens with two attached hydrogens (primary N) is 1. The molecule has 1 heterocycles. The largest absolute Gasteiger partial charge is 0.497 e. The van der Waals surface area contributed by atoms with Gasteiger partial charge in [0.25, 0.3) is 0 Å². The molecule has 0 atom stereocenters. The Morgan fingerprint density at radius 1 is 1.37 bits per heavy atom. The number of carbonyl (C=O) groups is 1. The Kier molecular flexibility index (Phi) is 3.61. The van der Waals surface area contributed by atoms with E-state index < -0.39 is 5.97 Å². The summed E-state index contributed by atoms with van der Waals surface area (Å²) in [5.41, 5.74) is 6.47. The zero-order valence-corrected chi connectivity index (χ0v) is 10.3. The number of rotatable bonds is 4. The lowest BCUT2D eigenvalue weighted by molar-refractivity contribution is 0.0697. The molecular formula is C13H13N3O3. The maximum atomic E-state index is 10.8. The number of hydrogen-bond acceptors (Lipinski definition) is 5. The van der Waals surface area contributed by atoms with Crippen LogP contribution in [-0.4, -0.2) is 28.2 Å². The molecule has 0 aliphatic heterocycles. The second-order valence-corrected chi connectivity index (χ2v) is 3.92. The lowest BCUT2D eigenvalue weighted by Gasteiger charge is -2.05. The average Bonchev–Trinajstić information content (AvgIpc) is 2.39. The fourth-order valence-corrected chi connectivity index (χ4v) is 1.61. The maximum absolute atomic E-state index is 10.8. The van der Waals surface area contributed by atoms with E-state index in [1.165, 1.54) is 6.20 Å². The number of carboxylic acid groups (broad SMARTS) is 1. The molecule has 0 aliphatic carbocycles. The first-order valence-electron chi connectivity index (χ1n) is 5.57. The molecule has 6 nitrogen and oxygen atoms in total. The summed E-state index contributed by atoms with van der Waals surface area (Å²) in [6.45, 7) is 0. The minimum absolute atomic E-state index is 0.0222. The first-order chi connectivity index (χ1) is 9.10. The van der Waals surface area contributed by atoms with Crippen molar-refractivity contribution in [1.29, 1.82) is 0 Å². The van der Waals surface area contributed by atoms with Gasteiger partial charge in [-0.15, -0.1) is 0 Å². The van der Waals surface area contributed by atoms with Gasteiger partial charge in [-0.05, 0) is 17.7 Å². The molecule has 0 saturated heterocycles. The van der Waals surface area contributed by atoms with Crippen LogP contribution in [0.2, 0.25) is 0 Å². The average molecular weight is 259 g/mol. The number of aromatic nitrogens is 2. The third-order valence-electron chi connectivity index (χ3n) is 2.62. The maximum Gasteiger partial charge on any atom is 0.341 e. The quantitative estimate of drug-likeness (QED) is 0.860. The highest BCUT2D eigenvalue weighted by atomic mass is 16.5. The van der Waals surface area contributed by atoms with Crippen LogP contribution >= 0.6 is 0 Å². The highest BCUT2D eigenvalue weighted by Crippen LogP contribution is 2.14. The van der Waals surface area contributed by atoms with Crippen LogP contribution < -0.4 is 10.5 Å². The molecule has 0 fully saturated rings. The van der Waals surface area contributed by atoms with Crippen LogP contribution in [0.4, 0.5) is 5.82 Å². The summed E-state index contributed by atoms with van der Waals surface area (Å²) in [5, 5.41) is 8.83. The number of carboxylic acids is 1. The number of benzene rings is 1. The molecule has 0 amide bonds. The van der Waals surface area contributed by atoms with Crippen molar-refractivity contribution in [2.75, 3.05) is 12.8 Å². The fourth-order valence-electron chi connectivity index (χ4n) is 1.61. The lowest BCUT2D eigenvalue weighted by Crippen LogP contribution is -2.08. The molecule has 19 heavy (non-hydrogen) atoms. The molecular weight excluding hydrogens is 246 g/mol. The molecule has 2 rings (SSSR count). The van der Waals surface area contributed by atoms with Crippen LogP contribution in [0.3, 0.4) is 0 Å². The van der Waals surface area contributed by atoms with Crippen molar-refractivity contribution in [1.82, 2.24) is 9.97 Å². The summed E-state index contributed by atoms with van der Waals surface area (Å²) >= 11 is 0. The Bertz CT molecular complexity index is 597. The van der Waals surface area contributed by atoms with Crippen molar-refractivity contribution < 1.29 is 14.6 Å². The molecule has 0 spiro atoms. The summed E-state index contributed by atoms with van der Waals surface area (Å²) in [6.07, 6.45) is 1.71. The predicted octanol–water partition coefficient (Wildman–Crippen LogP) is 1.36. The first kappa shape index (κ1) is 12.8. The molecule has 98 valence electrons. The zero-order chi connectivity index (χ0) is 13.8. The molecule has 0 radical (unpaired) electrons. The molecule has 0 unspecified atom stereocenters. The van der Waals surface area contributed by atoms with Gasteiger partial charge in [-0.3, -0.25) is 0 Å². The number of nitrogen functional groups attached to an aromatic ring is 1. The molecule has 0 bridgehead atoms. The second-order valence-electron chi connectivity index (χ2n) is 3.92. The summed E-state index contributed by atoms with van der Waals surface area (Å²) in [7, 11) is 1.60. The van der Waals surface area contributed by atoms with E-state index in [2.05, 4.69) is 9.97 Å². The summed E-state index contributed by atoms with van der Waals surface area (Å²) in [6, 6.07) is 7.46. The van der Waals surface area contributed by atoms with Crippen LogP contribution in [0.15, 0.2) is 30.5 Å². The third-order valence-corrected chi connectivity index (χ3v) is 2.62. The van der Waals surface area contributed by atoms with Crippen LogP contribution in [0.1, 0.15) is 21.7 Å². The summed E-state index contributed by atoms with van der Waals surface area (Å²) < 4.78 is 5.06. The second kappa shape index (κ2) is 5.34. The van der Waals surface area contributed by atoms with E-state index in [-0.39, 0.29) is 11.4 Å². The molecule has 2 aromatic rings. The lowest BCUT2D eigenvalue weighted by atomic mass is 10.1. The Balaban J connectivity index is 2.18. The Morgan fingerprint density at radius 2 is 2.05 bits per heavy atom. The highest BCUT2D eigenvalue weighted by molar-refractivity contribution is 5.92. The number of anilines is 1. The Morgan fingerprint density at radius 3 is 2.58 bits per heavy atom. The van der Waals surface area contributed by atoms with Gasteiger partial charge in [-0.1, -0.05) is 12.1 Å². The van der Waals surface area contributed by atoms with E-state index in [1.807, 2.05) is 24.3 Å². The fraction of sp³-hybridized carbons (Fsp3) is 0.154. The van der Waals surface area contributed by atoms with Gasteiger partial charge in [0.15, 0.2) is 0 Å². The van der Waals surface area contributed by atoms with Gasteiger partial charge in [0.1, 0.15) is 23.0 Å². The number of ether oxygens (including phenoxy) is 1. The van der Waals surface area contributed by atoms with Gasteiger partial charge in [0.2, 0.25) is 0 Å². The topological polar surface area (TPSA) is 98.3 Å². The molecule has 0 saturated carbocycles. The molecule has 3 N–H and O–H groups in total. The Labute approximate surface area is 109 Å². The van der Waals surface area contributed by atoms with Gasteiger partial charge >= 0.3 is 5.97 Å². The van der Waals surface area contributed by atoms with E-state index in [4.69, 9.17) is 15.6 Å². The van der Waals surface area contributed by atoms with Crippen molar-refractivity contribution in [3.8, 4) is 5.75 Å². The van der Waals surface area contributed by atoms with Gasteiger partial charge < -0.3 is 15.6 Å². The minimum atomic E-state index is -1.13. The molecule has 1 aromatic carbocycles. The highest BCUT2D eigenvalue weighted by Gasteiger charge is 2.11. The smallest absolute Gasteiger partial charge is 0.341 e. The molecule has 0 aliphatic rings. The van der Waals surface area contributed by atoms with Crippen molar-refractivity contribution in [2.24, 2.45) is 0 Å². The molecule has 1 aromatic heterocycles.